The second-order valence-corrected chi connectivity index (χ2v) is 3.47. The van der Waals surface area contributed by atoms with Gasteiger partial charge in [0.15, 0.2) is 0 Å². The summed E-state index contributed by atoms with van der Waals surface area (Å²) in [6.07, 6.45) is 3.45. The van der Waals surface area contributed by atoms with Crippen LogP contribution in [0, 0.1) is 6.92 Å². The third kappa shape index (κ3) is 3.68. The Labute approximate surface area is 94.8 Å². The van der Waals surface area contributed by atoms with E-state index in [2.05, 4.69) is 15.5 Å². The molecule has 86 valence electrons. The summed E-state index contributed by atoms with van der Waals surface area (Å²) in [7, 11) is 0. The van der Waals surface area contributed by atoms with Crippen molar-refractivity contribution in [2.75, 3.05) is 0 Å². The number of hydrazone groups is 1. The van der Waals surface area contributed by atoms with Crippen LogP contribution in [0.5, 0.6) is 0 Å². The number of amides is 2. The van der Waals surface area contributed by atoms with Gasteiger partial charge >= 0.3 is 6.03 Å². The summed E-state index contributed by atoms with van der Waals surface area (Å²) in [5.74, 6) is 0. The number of carbonyl (C=O) groups excluding carboxylic acids is 1. The molecule has 0 aliphatic carbocycles. The van der Waals surface area contributed by atoms with Gasteiger partial charge in [0.25, 0.3) is 0 Å². The highest BCUT2D eigenvalue weighted by Gasteiger charge is 2.03. The standard InChI is InChI=1S/C11H16N4O/c1-3-4-10(14-15-11(12)16)9-6-5-8(2)13-7-9/h5-7H,3-4H2,1-2H3,(H3,12,15,16)/b14-10-. The Kier molecular flexibility index (Phi) is 4.44. The molecule has 0 aliphatic rings. The fourth-order valence-electron chi connectivity index (χ4n) is 1.26. The fraction of sp³-hybridized carbons (Fsp3) is 0.364. The zero-order chi connectivity index (χ0) is 12.0. The maximum absolute atomic E-state index is 10.6. The first-order chi connectivity index (χ1) is 7.63. The molecule has 0 unspecified atom stereocenters. The molecular formula is C11H16N4O. The van der Waals surface area contributed by atoms with Crippen molar-refractivity contribution in [3.8, 4) is 0 Å². The Bertz CT molecular complexity index is 383. The molecule has 0 aliphatic heterocycles. The van der Waals surface area contributed by atoms with E-state index in [1.54, 1.807) is 6.20 Å². The second kappa shape index (κ2) is 5.85. The highest BCUT2D eigenvalue weighted by atomic mass is 16.2. The predicted octanol–water partition coefficient (Wildman–Crippen LogP) is 1.56. The maximum Gasteiger partial charge on any atom is 0.332 e. The fourth-order valence-corrected chi connectivity index (χ4v) is 1.26. The molecule has 1 heterocycles. The number of hydrogen-bond donors (Lipinski definition) is 2. The molecule has 0 spiro atoms. The quantitative estimate of drug-likeness (QED) is 0.596. The summed E-state index contributed by atoms with van der Waals surface area (Å²) < 4.78 is 0. The lowest BCUT2D eigenvalue weighted by Gasteiger charge is -2.05. The number of primary amides is 1. The van der Waals surface area contributed by atoms with E-state index in [4.69, 9.17) is 5.73 Å². The Hall–Kier alpha value is -1.91. The van der Waals surface area contributed by atoms with E-state index in [1.807, 2.05) is 26.0 Å². The van der Waals surface area contributed by atoms with Crippen molar-refractivity contribution in [2.45, 2.75) is 26.7 Å². The summed E-state index contributed by atoms with van der Waals surface area (Å²) >= 11 is 0. The molecule has 5 heteroatoms. The molecule has 2 amide bonds. The monoisotopic (exact) mass is 220 g/mol. The Balaban J connectivity index is 2.88. The lowest BCUT2D eigenvalue weighted by atomic mass is 10.1. The number of nitrogens with zero attached hydrogens (tertiary/aromatic N) is 2. The van der Waals surface area contributed by atoms with Gasteiger partial charge in [-0.3, -0.25) is 4.98 Å². The topological polar surface area (TPSA) is 80.4 Å². The number of aryl methyl sites for hydroxylation is 1. The van der Waals surface area contributed by atoms with Crippen LogP contribution in [0.2, 0.25) is 0 Å². The highest BCUT2D eigenvalue weighted by Crippen LogP contribution is 2.06. The van der Waals surface area contributed by atoms with Crippen molar-refractivity contribution < 1.29 is 4.79 Å². The van der Waals surface area contributed by atoms with Gasteiger partial charge in [-0.05, 0) is 25.5 Å². The first-order valence-corrected chi connectivity index (χ1v) is 5.18. The molecule has 5 nitrogen and oxygen atoms in total. The molecule has 16 heavy (non-hydrogen) atoms. The van der Waals surface area contributed by atoms with Crippen LogP contribution in [0.25, 0.3) is 0 Å². The molecule has 0 atom stereocenters. The summed E-state index contributed by atoms with van der Waals surface area (Å²) in [4.78, 5) is 14.8. The van der Waals surface area contributed by atoms with Crippen molar-refractivity contribution in [1.82, 2.24) is 10.4 Å². The van der Waals surface area contributed by atoms with Crippen LogP contribution in [0.15, 0.2) is 23.4 Å². The summed E-state index contributed by atoms with van der Waals surface area (Å²) in [6, 6.07) is 3.18. The maximum atomic E-state index is 10.6. The summed E-state index contributed by atoms with van der Waals surface area (Å²) in [6.45, 7) is 3.96. The van der Waals surface area contributed by atoms with Gasteiger partial charge in [-0.2, -0.15) is 5.10 Å². The Morgan fingerprint density at radius 2 is 2.31 bits per heavy atom. The van der Waals surface area contributed by atoms with Gasteiger partial charge in [0, 0.05) is 17.5 Å². The third-order valence-corrected chi connectivity index (χ3v) is 2.03. The summed E-state index contributed by atoms with van der Waals surface area (Å²) in [5.41, 5.74) is 9.85. The minimum Gasteiger partial charge on any atom is -0.350 e. The number of carbonyl (C=O) groups is 1. The van der Waals surface area contributed by atoms with Crippen LogP contribution in [0.1, 0.15) is 31.0 Å². The second-order valence-electron chi connectivity index (χ2n) is 3.47. The van der Waals surface area contributed by atoms with Gasteiger partial charge in [-0.15, -0.1) is 0 Å². The molecule has 3 N–H and O–H groups in total. The van der Waals surface area contributed by atoms with E-state index in [9.17, 15) is 4.79 Å². The molecule has 0 bridgehead atoms. The summed E-state index contributed by atoms with van der Waals surface area (Å²) in [5, 5.41) is 3.96. The highest BCUT2D eigenvalue weighted by molar-refractivity contribution is 6.00. The Morgan fingerprint density at radius 3 is 2.81 bits per heavy atom. The zero-order valence-corrected chi connectivity index (χ0v) is 9.53. The number of rotatable bonds is 4. The molecule has 0 saturated carbocycles. The normalized spacial score (nSPS) is 11.2. The Morgan fingerprint density at radius 1 is 1.56 bits per heavy atom. The third-order valence-electron chi connectivity index (χ3n) is 2.03. The first kappa shape index (κ1) is 12.2. The smallest absolute Gasteiger partial charge is 0.332 e. The van der Waals surface area contributed by atoms with Crippen molar-refractivity contribution in [2.24, 2.45) is 10.8 Å². The molecule has 1 aromatic rings. The number of urea groups is 1. The molecule has 0 fully saturated rings. The first-order valence-electron chi connectivity index (χ1n) is 5.18. The van der Waals surface area contributed by atoms with Crippen molar-refractivity contribution >= 4 is 11.7 Å². The van der Waals surface area contributed by atoms with Crippen molar-refractivity contribution in [3.05, 3.63) is 29.6 Å². The van der Waals surface area contributed by atoms with Crippen LogP contribution < -0.4 is 11.2 Å². The number of hydrogen-bond acceptors (Lipinski definition) is 3. The number of aromatic nitrogens is 1. The number of nitrogens with two attached hydrogens (primary N) is 1. The molecule has 0 saturated heterocycles. The predicted molar refractivity (Wildman–Crippen MR) is 63.1 cm³/mol. The van der Waals surface area contributed by atoms with Gasteiger partial charge in [-0.25, -0.2) is 10.2 Å². The van der Waals surface area contributed by atoms with E-state index < -0.39 is 6.03 Å². The van der Waals surface area contributed by atoms with Crippen LogP contribution in [-0.4, -0.2) is 16.7 Å². The SMILES string of the molecule is CCC/C(=N/NC(N)=O)c1ccc(C)nc1. The van der Waals surface area contributed by atoms with Crippen molar-refractivity contribution in [1.29, 1.82) is 0 Å². The molecule has 1 aromatic heterocycles. The minimum absolute atomic E-state index is 0.659. The molecule has 0 aromatic carbocycles. The lowest BCUT2D eigenvalue weighted by Crippen LogP contribution is -2.26. The number of nitrogens with one attached hydrogen (secondary N) is 1. The van der Waals surface area contributed by atoms with Gasteiger partial charge in [0.2, 0.25) is 0 Å². The molecule has 1 rings (SSSR count). The van der Waals surface area contributed by atoms with E-state index in [1.165, 1.54) is 0 Å². The van der Waals surface area contributed by atoms with Gasteiger partial charge in [0.05, 0.1) is 5.71 Å². The van der Waals surface area contributed by atoms with Crippen LogP contribution in [0.4, 0.5) is 4.79 Å². The van der Waals surface area contributed by atoms with Gasteiger partial charge in [0.1, 0.15) is 0 Å². The minimum atomic E-state index is -0.659. The van der Waals surface area contributed by atoms with Crippen LogP contribution >= 0.6 is 0 Å². The van der Waals surface area contributed by atoms with Crippen LogP contribution in [0.3, 0.4) is 0 Å². The van der Waals surface area contributed by atoms with Gasteiger partial charge in [-0.1, -0.05) is 13.3 Å². The molecular weight excluding hydrogens is 204 g/mol. The van der Waals surface area contributed by atoms with E-state index in [-0.39, 0.29) is 0 Å². The van der Waals surface area contributed by atoms with Gasteiger partial charge < -0.3 is 5.73 Å². The van der Waals surface area contributed by atoms with E-state index >= 15 is 0 Å². The molecule has 0 radical (unpaired) electrons. The average Bonchev–Trinajstić information content (AvgIpc) is 2.25. The lowest BCUT2D eigenvalue weighted by molar-refractivity contribution is 0.249. The van der Waals surface area contributed by atoms with E-state index in [0.29, 0.717) is 0 Å². The van der Waals surface area contributed by atoms with Crippen LogP contribution in [-0.2, 0) is 0 Å². The van der Waals surface area contributed by atoms with E-state index in [0.717, 1.165) is 29.8 Å². The number of pyridine rings is 1. The zero-order valence-electron chi connectivity index (χ0n) is 9.53. The average molecular weight is 220 g/mol. The van der Waals surface area contributed by atoms with Crippen molar-refractivity contribution in [3.63, 3.8) is 0 Å². The largest absolute Gasteiger partial charge is 0.350 e.